The zero-order chi connectivity index (χ0) is 101. The quantitative estimate of drug-likeness (QED) is 0.00402. The van der Waals surface area contributed by atoms with Crippen LogP contribution in [0.15, 0.2) is 177 Å². The number of nitrogens with zero attached hydrogens (tertiary/aromatic N) is 13. The zero-order valence-corrected chi connectivity index (χ0v) is 83.7. The molecule has 1 saturated heterocycles. The van der Waals surface area contributed by atoms with Crippen molar-refractivity contribution in [3.05, 3.63) is 218 Å². The highest BCUT2D eigenvalue weighted by atomic mass is 33.1. The van der Waals surface area contributed by atoms with Crippen LogP contribution in [-0.4, -0.2) is 245 Å². The van der Waals surface area contributed by atoms with Crippen LogP contribution in [0.2, 0.25) is 0 Å². The van der Waals surface area contributed by atoms with Crippen LogP contribution in [-0.2, 0) is 38.1 Å². The number of nitro groups is 6. The Bertz CT molecular complexity index is 4760. The molecule has 0 saturated carbocycles. The van der Waals surface area contributed by atoms with Gasteiger partial charge in [0.15, 0.2) is 5.78 Å². The van der Waals surface area contributed by atoms with Gasteiger partial charge in [0.1, 0.15) is 69.6 Å². The predicted octanol–water partition coefficient (Wildman–Crippen LogP) is 18.1. The molecule has 135 heavy (non-hydrogen) atoms. The number of nitro benzene ring substituents is 2. The SMILES string of the molecule is CC[C@H](C)[C@@H]([C@@H](CC(=O)N1CCC[C@H]1[C@H](OC)[C@@H](C)C(=O)C[C@H](C)[C@@H](O)c1ccccc1)OC)N(C)C(=O)[C@@H](CC(=O)[C@H](C(C)C)N(C)C(=O)OC[C@@H](C)SSc1ccc([N+](=O)[O-])cc1)C(C)C.O=C(OCCSSc1ccc([N+](=O)[O-])cn1)Oc1ccc([N+](=O)[O-])cc1.O=[N+]([O-])c1ccc(SSCCO)nc1.O=[N+]([O-])c1ccc(SSc2ccc([N+](=O)[O-])cn2)nc1.OCCS.[2H]CF.[B]. The Balaban J connectivity index is 0.000000735. The van der Waals surface area contributed by atoms with Gasteiger partial charge in [0.05, 0.1) is 94.1 Å². The van der Waals surface area contributed by atoms with Gasteiger partial charge in [-0.3, -0.25) is 84.3 Å². The molecule has 1 aliphatic heterocycles. The summed E-state index contributed by atoms with van der Waals surface area (Å²) in [6.07, 6.45) is 3.22. The van der Waals surface area contributed by atoms with E-state index in [2.05, 4.69) is 32.6 Å². The van der Waals surface area contributed by atoms with Gasteiger partial charge in [-0.05, 0) is 141 Å². The number of halogens is 1. The smallest absolute Gasteiger partial charge is 0.448 e. The second kappa shape index (κ2) is 66.0. The molecule has 11 atom stereocenters. The number of amides is 3. The van der Waals surface area contributed by atoms with Crippen LogP contribution in [0, 0.1) is 96.2 Å². The van der Waals surface area contributed by atoms with E-state index < -0.39 is 91.2 Å². The summed E-state index contributed by atoms with van der Waals surface area (Å²) in [5, 5.41) is 92.9. The monoisotopic (exact) mass is 2050 g/mol. The second-order valence-corrected chi connectivity index (χ2v) is 40.0. The van der Waals surface area contributed by atoms with Gasteiger partial charge >= 0.3 is 12.2 Å². The molecule has 0 spiro atoms. The number of ketones is 2. The van der Waals surface area contributed by atoms with Crippen molar-refractivity contribution in [3.8, 4) is 5.75 Å². The Morgan fingerprint density at radius 3 is 1.44 bits per heavy atom. The van der Waals surface area contributed by atoms with Crippen molar-refractivity contribution >= 4 is 177 Å². The zero-order valence-electron chi connectivity index (χ0n) is 77.3. The number of ether oxygens (including phenoxy) is 5. The van der Waals surface area contributed by atoms with Crippen LogP contribution in [0.5, 0.6) is 5.75 Å². The third kappa shape index (κ3) is 43.3. The van der Waals surface area contributed by atoms with Crippen molar-refractivity contribution in [2.45, 2.75) is 168 Å². The first-order valence-corrected chi connectivity index (χ1v) is 50.8. The summed E-state index contributed by atoms with van der Waals surface area (Å²) >= 11 is 3.67. The Kier molecular flexibility index (Phi) is 58.5. The lowest BCUT2D eigenvalue weighted by Gasteiger charge is -2.41. The van der Waals surface area contributed by atoms with Gasteiger partial charge in [-0.15, -0.1) is 0 Å². The number of carbonyl (C=O) groups excluding carboxylic acids is 6. The summed E-state index contributed by atoms with van der Waals surface area (Å²) in [6.45, 7) is 18.0. The van der Waals surface area contributed by atoms with Gasteiger partial charge in [0.25, 0.3) is 34.1 Å². The van der Waals surface area contributed by atoms with Crippen molar-refractivity contribution in [3.63, 3.8) is 0 Å². The van der Waals surface area contributed by atoms with Crippen LogP contribution in [0.3, 0.4) is 0 Å². The molecule has 3 radical (unpaired) electrons. The number of benzene rings is 3. The van der Waals surface area contributed by atoms with Gasteiger partial charge in [0, 0.05) is 144 Å². The molecule has 0 bridgehead atoms. The van der Waals surface area contributed by atoms with E-state index in [0.717, 1.165) is 16.9 Å². The summed E-state index contributed by atoms with van der Waals surface area (Å²) in [4.78, 5) is 163. The average Bonchev–Trinajstić information content (AvgIpc) is 0.879. The normalized spacial score (nSPS) is 14.1. The minimum Gasteiger partial charge on any atom is -0.448 e. The highest BCUT2D eigenvalue weighted by molar-refractivity contribution is 8.77. The number of likely N-dealkylation sites (tertiary alicyclic amines) is 1. The molecule has 0 aliphatic carbocycles. The fraction of sp³-hybridized carbons (Fsp3) is 0.482. The average molecular weight is 2050 g/mol. The number of non-ortho nitro benzene ring substituents is 2. The van der Waals surface area contributed by atoms with E-state index in [9.17, 15) is 99.0 Å². The number of alkyl halides is 1. The summed E-state index contributed by atoms with van der Waals surface area (Å²) in [7, 11) is 16.2. The van der Waals surface area contributed by atoms with Crippen molar-refractivity contribution in [1.29, 1.82) is 0 Å². The molecule has 1 aliphatic rings. The molecule has 50 heteroatoms. The Labute approximate surface area is 822 Å². The maximum atomic E-state index is 14.7. The number of hydrogen-bond acceptors (Lipinski definition) is 39. The fourth-order valence-electron chi connectivity index (χ4n) is 12.7. The van der Waals surface area contributed by atoms with Gasteiger partial charge < -0.3 is 53.7 Å². The van der Waals surface area contributed by atoms with Crippen molar-refractivity contribution in [1.82, 2.24) is 34.6 Å². The third-order valence-electron chi connectivity index (χ3n) is 19.7. The number of aliphatic hydroxyl groups excluding tert-OH is 3. The largest absolute Gasteiger partial charge is 0.513 e. The Hall–Kier alpha value is -9.58. The fourth-order valence-corrected chi connectivity index (χ4v) is 19.7. The first kappa shape index (κ1) is 120. The van der Waals surface area contributed by atoms with Gasteiger partial charge in [-0.1, -0.05) is 135 Å². The molecule has 5 heterocycles. The maximum Gasteiger partial charge on any atom is 0.513 e. The van der Waals surface area contributed by atoms with Crippen LogP contribution in [0.4, 0.5) is 48.1 Å². The second-order valence-electron chi connectivity index (χ2n) is 29.8. The van der Waals surface area contributed by atoms with E-state index in [0.29, 0.717) is 56.7 Å². The molecule has 8 rings (SSSR count). The highest BCUT2D eigenvalue weighted by Gasteiger charge is 2.44. The number of hydrogen-bond donors (Lipinski definition) is 4. The number of aromatic nitrogens is 4. The number of carbonyl (C=O) groups is 6. The predicted molar refractivity (Wildman–Crippen MR) is 526 cm³/mol. The lowest BCUT2D eigenvalue weighted by Crippen LogP contribution is -2.54. The molecule has 7 aromatic rings. The van der Waals surface area contributed by atoms with E-state index in [4.69, 9.17) is 35.3 Å². The highest BCUT2D eigenvalue weighted by Crippen LogP contribution is 2.40. The summed E-state index contributed by atoms with van der Waals surface area (Å²) in [5.41, 5.74) is 0.391. The number of likely N-dealkylation sites (N-methyl/N-ethyl adjacent to an activating group) is 2. The first-order chi connectivity index (χ1) is 64.2. The van der Waals surface area contributed by atoms with Gasteiger partial charge in [0.2, 0.25) is 11.8 Å². The molecule has 737 valence electrons. The third-order valence-corrected chi connectivity index (χ3v) is 29.4. The van der Waals surface area contributed by atoms with E-state index in [1.54, 1.807) is 49.3 Å². The van der Waals surface area contributed by atoms with Crippen LogP contribution < -0.4 is 4.74 Å². The van der Waals surface area contributed by atoms with Crippen LogP contribution >= 0.6 is 99.0 Å². The number of thiol groups is 1. The Morgan fingerprint density at radius 1 is 0.578 bits per heavy atom. The molecule has 3 N–H and O–H groups in total. The molecule has 1 fully saturated rings. The number of rotatable bonds is 47. The van der Waals surface area contributed by atoms with Crippen molar-refractivity contribution < 1.29 is 103 Å². The minimum absolute atomic E-state index is 0. The summed E-state index contributed by atoms with van der Waals surface area (Å²) < 4.78 is 43.0. The van der Waals surface area contributed by atoms with E-state index in [-0.39, 0.29) is 152 Å². The molecule has 39 nitrogen and oxygen atoms in total. The summed E-state index contributed by atoms with van der Waals surface area (Å²) in [6, 6.07) is 30.4. The number of Topliss-reactive ketones (excluding diaryl/α,β-unsaturated/α-hetero) is 2. The van der Waals surface area contributed by atoms with E-state index in [1.165, 1.54) is 202 Å². The van der Waals surface area contributed by atoms with Crippen molar-refractivity contribution in [2.24, 2.45) is 35.5 Å². The minimum atomic E-state index is -1.00. The summed E-state index contributed by atoms with van der Waals surface area (Å²) in [5.74, 6) is -1.17. The number of methoxy groups -OCH3 is 2. The van der Waals surface area contributed by atoms with Crippen LogP contribution in [0.25, 0.3) is 0 Å². The van der Waals surface area contributed by atoms with Crippen LogP contribution in [0.1, 0.15) is 114 Å². The van der Waals surface area contributed by atoms with E-state index in [1.807, 2.05) is 92.6 Å². The van der Waals surface area contributed by atoms with Crippen molar-refractivity contribution in [2.75, 3.05) is 85.7 Å². The molecular weight excluding hydrogens is 1940 g/mol. The van der Waals surface area contributed by atoms with Gasteiger partial charge in [-0.25, -0.2) is 29.5 Å². The molecular formula is C85H112BFN13O26S9. The van der Waals surface area contributed by atoms with E-state index >= 15 is 0 Å². The molecule has 0 unspecified atom stereocenters. The Morgan fingerprint density at radius 2 is 1.03 bits per heavy atom. The number of pyridine rings is 4. The molecule has 4 aromatic heterocycles. The topological polar surface area (TPSA) is 529 Å². The van der Waals surface area contributed by atoms with Gasteiger partial charge in [-0.2, -0.15) is 12.6 Å². The lowest BCUT2D eigenvalue weighted by atomic mass is 9.83. The first-order valence-electron chi connectivity index (χ1n) is 41.9. The molecule has 3 amide bonds. The number of aliphatic hydroxyl groups is 3. The lowest BCUT2D eigenvalue weighted by molar-refractivity contribution is -0.385. The molecule has 3 aromatic carbocycles. The maximum absolute atomic E-state index is 14.7. The standard InChI is InChI=1S/C51H78N4O11S2.C14H11N3O7S2.C10H6N4O4S2.C7H8N2O3S2.C2H6OS.CH3F.B/c1-14-33(6)47(44(64-12)29-45(58)54-26-18-21-41(54)49(65-13)36(9)42(56)27-34(7)48(59)37-19-16-15-17-20-37)52(10)50(60)40(31(2)3)28-43(57)46(32(4)5)53(11)51(61)66-30-35(8)67-68-39-24-22-38(23-25-39)55(62)63;18-14(24-12-4-1-10(2-5-12)16(19)20)23-7-8-25-26-13-6-3-11(9-15-13)17(21)22;15-13(16)7-1-3-9(11-5-7)19-20-10-4-2-8(6-12-10)14(17)18;10-3-4-13-14-7-2-1-6(5-8-7)9(11)12;3-1-2-4;1-2;/h15-17,19-20,22-25,31-36,40-41,44,46-49,59H,14,18,21,26-30H2,1-13H3;1-6,9H,7-8H2;1-6H;1-2,5,10H,3-4H2;3-4H,1-2H2;1H3;/t33-,34-,35+,36-,40-,41-,44+,46-,47-,48+,49+;;;;;;/m0....../s1/i;;;;;1D;.